The maximum Gasteiger partial charge on any atom is 0.175 e. The number of aliphatic imine (C=N–C) groups is 2. The average molecular weight is 473 g/mol. The maximum atomic E-state index is 6.44. The van der Waals surface area contributed by atoms with Gasteiger partial charge in [0, 0.05) is 48.4 Å². The molecule has 0 amide bonds. The molecular formula is C22H29ClN8S. The molecule has 1 aromatic carbocycles. The van der Waals surface area contributed by atoms with E-state index in [1.165, 1.54) is 11.8 Å². The molecule has 0 spiro atoms. The number of hydrogen-bond donors (Lipinski definition) is 2. The maximum absolute atomic E-state index is 6.44. The fourth-order valence-corrected chi connectivity index (χ4v) is 4.54. The van der Waals surface area contributed by atoms with Crippen LogP contribution in [0.2, 0.25) is 5.02 Å². The summed E-state index contributed by atoms with van der Waals surface area (Å²) in [5.74, 6) is 0.949. The van der Waals surface area contributed by atoms with Crippen molar-refractivity contribution >= 4 is 41.7 Å². The zero-order valence-electron chi connectivity index (χ0n) is 18.8. The van der Waals surface area contributed by atoms with Gasteiger partial charge in [-0.25, -0.2) is 9.98 Å². The van der Waals surface area contributed by atoms with Crippen LogP contribution in [0.4, 0.5) is 5.82 Å². The summed E-state index contributed by atoms with van der Waals surface area (Å²) in [7, 11) is 3.53. The van der Waals surface area contributed by atoms with Crippen molar-refractivity contribution in [2.45, 2.75) is 42.9 Å². The third kappa shape index (κ3) is 5.79. The minimum Gasteiger partial charge on any atom is -0.382 e. The predicted octanol–water partition coefficient (Wildman–Crippen LogP) is 4.14. The number of hydrogen-bond acceptors (Lipinski definition) is 6. The standard InChI is InChI=1S/C22H29ClN8S/c1-14(2)27-7-6-8-31-21(26-4)19(20(24)25-3)29-22(31)32-18-10-15(9-17(23)11-18)16-12-28-30(5)13-16/h9-14,27H,4,6-8H2,1-3,5H3,(H2,24,25). The van der Waals surface area contributed by atoms with Gasteiger partial charge in [-0.1, -0.05) is 37.2 Å². The number of aromatic nitrogens is 4. The molecule has 2 aromatic heterocycles. The van der Waals surface area contributed by atoms with Crippen molar-refractivity contribution in [1.29, 1.82) is 0 Å². The van der Waals surface area contributed by atoms with Gasteiger partial charge in [-0.2, -0.15) is 5.10 Å². The Labute approximate surface area is 198 Å². The van der Waals surface area contributed by atoms with Crippen molar-refractivity contribution in [3.8, 4) is 11.1 Å². The number of halogens is 1. The molecule has 0 atom stereocenters. The normalized spacial score (nSPS) is 12.0. The van der Waals surface area contributed by atoms with Gasteiger partial charge in [0.1, 0.15) is 5.84 Å². The largest absolute Gasteiger partial charge is 0.382 e. The number of nitrogens with two attached hydrogens (primary N) is 1. The fraction of sp³-hybridized carbons (Fsp3) is 0.364. The lowest BCUT2D eigenvalue weighted by atomic mass is 10.1. The van der Waals surface area contributed by atoms with Gasteiger partial charge in [0.05, 0.1) is 6.20 Å². The molecule has 3 N–H and O–H groups in total. The first kappa shape index (κ1) is 24.0. The van der Waals surface area contributed by atoms with Crippen LogP contribution in [0, 0.1) is 0 Å². The Bertz CT molecular complexity index is 1120. The number of rotatable bonds is 10. The Hall–Kier alpha value is -2.62. The number of aryl methyl sites for hydroxylation is 1. The number of nitrogens with one attached hydrogen (secondary N) is 1. The lowest BCUT2D eigenvalue weighted by Gasteiger charge is -2.12. The first-order chi connectivity index (χ1) is 15.3. The fourth-order valence-electron chi connectivity index (χ4n) is 3.23. The monoisotopic (exact) mass is 472 g/mol. The molecule has 0 saturated carbocycles. The second-order valence-corrected chi connectivity index (χ2v) is 9.11. The zero-order chi connectivity index (χ0) is 23.3. The smallest absolute Gasteiger partial charge is 0.175 e. The van der Waals surface area contributed by atoms with E-state index in [2.05, 4.69) is 47.0 Å². The quantitative estimate of drug-likeness (QED) is 0.262. The average Bonchev–Trinajstić information content (AvgIpc) is 3.33. The van der Waals surface area contributed by atoms with Crippen molar-refractivity contribution < 1.29 is 0 Å². The molecule has 32 heavy (non-hydrogen) atoms. The van der Waals surface area contributed by atoms with E-state index in [0.29, 0.717) is 28.4 Å². The molecule has 0 aliphatic carbocycles. The van der Waals surface area contributed by atoms with Crippen molar-refractivity contribution in [2.24, 2.45) is 22.8 Å². The van der Waals surface area contributed by atoms with E-state index in [9.17, 15) is 0 Å². The lowest BCUT2D eigenvalue weighted by Crippen LogP contribution is -2.24. The van der Waals surface area contributed by atoms with Crippen LogP contribution in [0.3, 0.4) is 0 Å². The van der Waals surface area contributed by atoms with Crippen LogP contribution < -0.4 is 11.1 Å². The summed E-state index contributed by atoms with van der Waals surface area (Å²) in [5, 5.41) is 9.10. The van der Waals surface area contributed by atoms with Crippen molar-refractivity contribution in [2.75, 3.05) is 13.6 Å². The molecule has 0 aliphatic heterocycles. The Morgan fingerprint density at radius 2 is 2.09 bits per heavy atom. The highest BCUT2D eigenvalue weighted by Crippen LogP contribution is 2.36. The van der Waals surface area contributed by atoms with Gasteiger partial charge >= 0.3 is 0 Å². The molecular weight excluding hydrogens is 444 g/mol. The topological polar surface area (TPSA) is 98.4 Å². The van der Waals surface area contributed by atoms with Gasteiger partial charge in [0.25, 0.3) is 0 Å². The van der Waals surface area contributed by atoms with E-state index >= 15 is 0 Å². The third-order valence-corrected chi connectivity index (χ3v) is 5.95. The summed E-state index contributed by atoms with van der Waals surface area (Å²) in [4.78, 5) is 14.0. The molecule has 0 unspecified atom stereocenters. The Kier molecular flexibility index (Phi) is 8.11. The van der Waals surface area contributed by atoms with E-state index < -0.39 is 0 Å². The van der Waals surface area contributed by atoms with E-state index in [-0.39, 0.29) is 0 Å². The molecule has 10 heteroatoms. The van der Waals surface area contributed by atoms with Crippen LogP contribution in [0.1, 0.15) is 26.0 Å². The second kappa shape index (κ2) is 10.8. The number of amidine groups is 1. The Morgan fingerprint density at radius 3 is 2.72 bits per heavy atom. The molecule has 0 saturated heterocycles. The van der Waals surface area contributed by atoms with Gasteiger partial charge in [-0.3, -0.25) is 9.67 Å². The first-order valence-corrected chi connectivity index (χ1v) is 11.5. The van der Waals surface area contributed by atoms with Gasteiger partial charge in [0.15, 0.2) is 16.7 Å². The number of nitrogens with zero attached hydrogens (tertiary/aromatic N) is 6. The van der Waals surface area contributed by atoms with Gasteiger partial charge < -0.3 is 15.6 Å². The van der Waals surface area contributed by atoms with Crippen LogP contribution in [-0.4, -0.2) is 51.5 Å². The minimum absolute atomic E-state index is 0.329. The molecule has 3 aromatic rings. The second-order valence-electron chi connectivity index (χ2n) is 7.63. The molecule has 8 nitrogen and oxygen atoms in total. The summed E-state index contributed by atoms with van der Waals surface area (Å²) >= 11 is 7.95. The van der Waals surface area contributed by atoms with Crippen LogP contribution >= 0.6 is 23.4 Å². The molecule has 0 fully saturated rings. The van der Waals surface area contributed by atoms with Crippen LogP contribution in [-0.2, 0) is 13.6 Å². The van der Waals surface area contributed by atoms with E-state index in [4.69, 9.17) is 22.3 Å². The summed E-state index contributed by atoms with van der Waals surface area (Å²) in [6.45, 7) is 9.60. The van der Waals surface area contributed by atoms with E-state index in [1.807, 2.05) is 36.1 Å². The van der Waals surface area contributed by atoms with Crippen LogP contribution in [0.15, 0.2) is 50.6 Å². The summed E-state index contributed by atoms with van der Waals surface area (Å²) < 4.78 is 3.81. The molecule has 0 aliphatic rings. The summed E-state index contributed by atoms with van der Waals surface area (Å²) in [5.41, 5.74) is 8.63. The lowest BCUT2D eigenvalue weighted by molar-refractivity contribution is 0.522. The molecule has 0 bridgehead atoms. The van der Waals surface area contributed by atoms with Crippen LogP contribution in [0.5, 0.6) is 0 Å². The summed E-state index contributed by atoms with van der Waals surface area (Å²) in [6.07, 6.45) is 4.68. The van der Waals surface area contributed by atoms with E-state index in [1.54, 1.807) is 11.7 Å². The Balaban J connectivity index is 1.96. The van der Waals surface area contributed by atoms with Crippen molar-refractivity contribution in [3.05, 3.63) is 41.3 Å². The first-order valence-electron chi connectivity index (χ1n) is 10.3. The highest BCUT2D eigenvalue weighted by molar-refractivity contribution is 7.99. The highest BCUT2D eigenvalue weighted by atomic mass is 35.5. The number of benzene rings is 1. The van der Waals surface area contributed by atoms with Crippen molar-refractivity contribution in [1.82, 2.24) is 24.6 Å². The van der Waals surface area contributed by atoms with Gasteiger partial charge in [-0.05, 0) is 43.4 Å². The molecule has 170 valence electrons. The SMILES string of the molecule is C=Nc1c(/C(N)=N\C)nc(Sc2cc(Cl)cc(-c3cnn(C)c3)c2)n1CCCNC(C)C. The van der Waals surface area contributed by atoms with Gasteiger partial charge in [-0.15, -0.1) is 0 Å². The predicted molar refractivity (Wildman–Crippen MR) is 134 cm³/mol. The van der Waals surface area contributed by atoms with Crippen LogP contribution in [0.25, 0.3) is 11.1 Å². The van der Waals surface area contributed by atoms with E-state index in [0.717, 1.165) is 40.7 Å². The molecule has 2 heterocycles. The highest BCUT2D eigenvalue weighted by Gasteiger charge is 2.20. The molecule has 3 rings (SSSR count). The minimum atomic E-state index is 0.329. The zero-order valence-corrected chi connectivity index (χ0v) is 20.4. The Morgan fingerprint density at radius 1 is 1.31 bits per heavy atom. The number of imidazole rings is 1. The third-order valence-electron chi connectivity index (χ3n) is 4.77. The van der Waals surface area contributed by atoms with Gasteiger partial charge in [0.2, 0.25) is 0 Å². The summed E-state index contributed by atoms with van der Waals surface area (Å²) in [6, 6.07) is 6.35. The van der Waals surface area contributed by atoms with Crippen molar-refractivity contribution in [3.63, 3.8) is 0 Å². The molecule has 0 radical (unpaired) electrons.